The van der Waals surface area contributed by atoms with Crippen molar-refractivity contribution in [1.29, 1.82) is 0 Å². The van der Waals surface area contributed by atoms with Gasteiger partial charge in [0.25, 0.3) is 5.69 Å². The van der Waals surface area contributed by atoms with Crippen LogP contribution in [0.4, 0.5) is 11.4 Å². The molecule has 0 aliphatic carbocycles. The first-order valence-electron chi connectivity index (χ1n) is 6.60. The standard InChI is InChI=1S/C13H18N4O3/c14-13(18)10-1-2-12(17(19)20)11(7-10)16-6-4-9-3-5-15-8-9/h1-2,7,9,15-16H,3-6,8H2,(H2,14,18). The van der Waals surface area contributed by atoms with Crippen molar-refractivity contribution in [2.75, 3.05) is 25.0 Å². The zero-order valence-corrected chi connectivity index (χ0v) is 11.1. The van der Waals surface area contributed by atoms with E-state index in [1.54, 1.807) is 0 Å². The molecule has 1 aromatic carbocycles. The van der Waals surface area contributed by atoms with Gasteiger partial charge in [-0.1, -0.05) is 0 Å². The summed E-state index contributed by atoms with van der Waals surface area (Å²) in [6.07, 6.45) is 2.07. The normalized spacial score (nSPS) is 17.9. The van der Waals surface area contributed by atoms with Crippen molar-refractivity contribution in [1.82, 2.24) is 5.32 Å². The Bertz CT molecular complexity index is 512. The summed E-state index contributed by atoms with van der Waals surface area (Å²) >= 11 is 0. The summed E-state index contributed by atoms with van der Waals surface area (Å²) < 4.78 is 0. The van der Waals surface area contributed by atoms with E-state index in [4.69, 9.17) is 5.73 Å². The van der Waals surface area contributed by atoms with E-state index in [0.717, 1.165) is 25.9 Å². The van der Waals surface area contributed by atoms with Crippen molar-refractivity contribution >= 4 is 17.3 Å². The van der Waals surface area contributed by atoms with Crippen LogP contribution in [0.1, 0.15) is 23.2 Å². The van der Waals surface area contributed by atoms with Gasteiger partial charge in [-0.05, 0) is 44.0 Å². The molecule has 1 amide bonds. The lowest BCUT2D eigenvalue weighted by atomic mass is 10.1. The number of hydrogen-bond acceptors (Lipinski definition) is 5. The minimum absolute atomic E-state index is 0.0421. The van der Waals surface area contributed by atoms with Gasteiger partial charge in [0, 0.05) is 18.2 Å². The molecular weight excluding hydrogens is 260 g/mol. The number of hydrogen-bond donors (Lipinski definition) is 3. The number of nitrogens with one attached hydrogen (secondary N) is 2. The third kappa shape index (κ3) is 3.45. The summed E-state index contributed by atoms with van der Waals surface area (Å²) in [4.78, 5) is 21.6. The third-order valence-electron chi connectivity index (χ3n) is 3.51. The van der Waals surface area contributed by atoms with E-state index < -0.39 is 10.8 Å². The Hall–Kier alpha value is -2.15. The van der Waals surface area contributed by atoms with Crippen molar-refractivity contribution in [3.8, 4) is 0 Å². The van der Waals surface area contributed by atoms with E-state index in [1.165, 1.54) is 18.2 Å². The quantitative estimate of drug-likeness (QED) is 0.533. The maximum atomic E-state index is 11.1. The fraction of sp³-hybridized carbons (Fsp3) is 0.462. The second-order valence-corrected chi connectivity index (χ2v) is 4.93. The molecule has 1 saturated heterocycles. The van der Waals surface area contributed by atoms with Crippen molar-refractivity contribution in [2.24, 2.45) is 11.7 Å². The molecule has 1 heterocycles. The Morgan fingerprint density at radius 2 is 2.35 bits per heavy atom. The smallest absolute Gasteiger partial charge is 0.292 e. The second-order valence-electron chi connectivity index (χ2n) is 4.93. The van der Waals surface area contributed by atoms with Gasteiger partial charge in [0.2, 0.25) is 5.91 Å². The molecule has 7 heteroatoms. The van der Waals surface area contributed by atoms with Gasteiger partial charge >= 0.3 is 0 Å². The number of benzene rings is 1. The molecular formula is C13H18N4O3. The van der Waals surface area contributed by atoms with Crippen LogP contribution in [0.5, 0.6) is 0 Å². The lowest BCUT2D eigenvalue weighted by Crippen LogP contribution is -2.14. The Labute approximate surface area is 116 Å². The SMILES string of the molecule is NC(=O)c1ccc([N+](=O)[O-])c(NCCC2CCNC2)c1. The molecule has 1 aromatic rings. The van der Waals surface area contributed by atoms with Crippen LogP contribution >= 0.6 is 0 Å². The zero-order chi connectivity index (χ0) is 14.5. The number of nitro groups is 1. The van der Waals surface area contributed by atoms with Crippen molar-refractivity contribution in [2.45, 2.75) is 12.8 Å². The zero-order valence-electron chi connectivity index (χ0n) is 11.1. The van der Waals surface area contributed by atoms with E-state index in [0.29, 0.717) is 18.2 Å². The Kier molecular flexibility index (Phi) is 4.52. The molecule has 1 aliphatic rings. The maximum absolute atomic E-state index is 11.1. The second kappa shape index (κ2) is 6.33. The van der Waals surface area contributed by atoms with Crippen LogP contribution in [-0.2, 0) is 0 Å². The van der Waals surface area contributed by atoms with E-state index in [2.05, 4.69) is 10.6 Å². The lowest BCUT2D eigenvalue weighted by Gasteiger charge is -2.11. The number of nitrogens with two attached hydrogens (primary N) is 1. The summed E-state index contributed by atoms with van der Waals surface area (Å²) in [5.74, 6) is 0.00354. The van der Waals surface area contributed by atoms with Gasteiger partial charge in [0.15, 0.2) is 0 Å². The molecule has 0 bridgehead atoms. The Morgan fingerprint density at radius 1 is 1.55 bits per heavy atom. The lowest BCUT2D eigenvalue weighted by molar-refractivity contribution is -0.384. The largest absolute Gasteiger partial charge is 0.379 e. The topological polar surface area (TPSA) is 110 Å². The molecule has 0 aromatic heterocycles. The van der Waals surface area contributed by atoms with Gasteiger partial charge in [-0.3, -0.25) is 14.9 Å². The Balaban J connectivity index is 2.04. The summed E-state index contributed by atoms with van der Waals surface area (Å²) in [5, 5.41) is 17.3. The number of nitrogens with zero attached hydrogens (tertiary/aromatic N) is 1. The van der Waals surface area contributed by atoms with Crippen LogP contribution in [-0.4, -0.2) is 30.5 Å². The van der Waals surface area contributed by atoms with Crippen LogP contribution < -0.4 is 16.4 Å². The predicted octanol–water partition coefficient (Wildman–Crippen LogP) is 1.11. The number of primary amides is 1. The minimum atomic E-state index is -0.594. The highest BCUT2D eigenvalue weighted by Gasteiger charge is 2.17. The van der Waals surface area contributed by atoms with Crippen LogP contribution in [0, 0.1) is 16.0 Å². The molecule has 0 spiro atoms. The number of carbonyl (C=O) groups excluding carboxylic acids is 1. The summed E-state index contributed by atoms with van der Waals surface area (Å²) in [7, 11) is 0. The minimum Gasteiger partial charge on any atom is -0.379 e. The van der Waals surface area contributed by atoms with E-state index in [-0.39, 0.29) is 11.3 Å². The molecule has 2 rings (SSSR count). The monoisotopic (exact) mass is 278 g/mol. The number of carbonyl (C=O) groups is 1. The number of anilines is 1. The molecule has 7 nitrogen and oxygen atoms in total. The summed E-state index contributed by atoms with van der Waals surface area (Å²) in [5.41, 5.74) is 5.76. The first kappa shape index (κ1) is 14.3. The number of amides is 1. The van der Waals surface area contributed by atoms with Gasteiger partial charge in [0.1, 0.15) is 5.69 Å². The van der Waals surface area contributed by atoms with Crippen LogP contribution in [0.2, 0.25) is 0 Å². The van der Waals surface area contributed by atoms with Gasteiger partial charge in [-0.25, -0.2) is 0 Å². The van der Waals surface area contributed by atoms with Crippen LogP contribution in [0.3, 0.4) is 0 Å². The number of rotatable bonds is 6. The average molecular weight is 278 g/mol. The van der Waals surface area contributed by atoms with Crippen molar-refractivity contribution < 1.29 is 9.72 Å². The van der Waals surface area contributed by atoms with E-state index in [1.807, 2.05) is 0 Å². The highest BCUT2D eigenvalue weighted by molar-refractivity contribution is 5.94. The molecule has 0 saturated carbocycles. The fourth-order valence-corrected chi connectivity index (χ4v) is 2.36. The van der Waals surface area contributed by atoms with Gasteiger partial charge in [-0.15, -0.1) is 0 Å². The Morgan fingerprint density at radius 3 is 2.95 bits per heavy atom. The van der Waals surface area contributed by atoms with E-state index >= 15 is 0 Å². The van der Waals surface area contributed by atoms with E-state index in [9.17, 15) is 14.9 Å². The van der Waals surface area contributed by atoms with Crippen LogP contribution in [0.15, 0.2) is 18.2 Å². The van der Waals surface area contributed by atoms with Gasteiger partial charge in [0.05, 0.1) is 4.92 Å². The predicted molar refractivity (Wildman–Crippen MR) is 75.7 cm³/mol. The van der Waals surface area contributed by atoms with Gasteiger partial charge in [-0.2, -0.15) is 0 Å². The van der Waals surface area contributed by atoms with Crippen molar-refractivity contribution in [3.05, 3.63) is 33.9 Å². The molecule has 1 fully saturated rings. The molecule has 1 atom stereocenters. The number of nitro benzene ring substituents is 1. The first-order valence-corrected chi connectivity index (χ1v) is 6.60. The van der Waals surface area contributed by atoms with Crippen LogP contribution in [0.25, 0.3) is 0 Å². The highest BCUT2D eigenvalue weighted by Crippen LogP contribution is 2.25. The van der Waals surface area contributed by atoms with Gasteiger partial charge < -0.3 is 16.4 Å². The average Bonchev–Trinajstić information content (AvgIpc) is 2.91. The molecule has 108 valence electrons. The molecule has 4 N–H and O–H groups in total. The fourth-order valence-electron chi connectivity index (χ4n) is 2.36. The summed E-state index contributed by atoms with van der Waals surface area (Å²) in [6, 6.07) is 4.11. The molecule has 1 unspecified atom stereocenters. The highest BCUT2D eigenvalue weighted by atomic mass is 16.6. The molecule has 0 radical (unpaired) electrons. The summed E-state index contributed by atoms with van der Waals surface area (Å²) in [6.45, 7) is 2.66. The first-order chi connectivity index (χ1) is 9.58. The van der Waals surface area contributed by atoms with Crippen molar-refractivity contribution in [3.63, 3.8) is 0 Å². The molecule has 20 heavy (non-hydrogen) atoms. The molecule has 1 aliphatic heterocycles. The third-order valence-corrected chi connectivity index (χ3v) is 3.51. The maximum Gasteiger partial charge on any atom is 0.292 e.